The van der Waals surface area contributed by atoms with Crippen LogP contribution in [0.1, 0.15) is 32.6 Å². The quantitative estimate of drug-likeness (QED) is 0.838. The number of nitrogens with zero attached hydrogens (tertiary/aromatic N) is 3. The molecule has 7 heteroatoms. The van der Waals surface area contributed by atoms with Gasteiger partial charge in [-0.25, -0.2) is 8.42 Å². The average Bonchev–Trinajstić information content (AvgIpc) is 3.05. The highest BCUT2D eigenvalue weighted by atomic mass is 32.2. The lowest BCUT2D eigenvalue weighted by atomic mass is 10.2. The van der Waals surface area contributed by atoms with Gasteiger partial charge in [-0.15, -0.1) is 0 Å². The van der Waals surface area contributed by atoms with E-state index in [1.807, 2.05) is 6.92 Å². The van der Waals surface area contributed by atoms with Crippen LogP contribution in [0.4, 0.5) is 0 Å². The maximum Gasteiger partial charge on any atom is 0.246 e. The number of nitrogens with two attached hydrogens (primary N) is 1. The molecule has 108 valence electrons. The van der Waals surface area contributed by atoms with Crippen molar-refractivity contribution in [1.29, 1.82) is 0 Å². The molecular formula is C12H22N4O2S. The van der Waals surface area contributed by atoms with Crippen LogP contribution in [0, 0.1) is 0 Å². The third-order valence-electron chi connectivity index (χ3n) is 3.60. The van der Waals surface area contributed by atoms with Crippen molar-refractivity contribution in [2.75, 3.05) is 13.1 Å². The molecule has 0 aromatic carbocycles. The third-order valence-corrected chi connectivity index (χ3v) is 5.51. The van der Waals surface area contributed by atoms with Crippen LogP contribution in [-0.2, 0) is 16.6 Å². The molecule has 0 amide bonds. The van der Waals surface area contributed by atoms with Crippen molar-refractivity contribution < 1.29 is 8.42 Å². The number of rotatable bonds is 6. The number of hydrogen-bond donors (Lipinski definition) is 1. The first kappa shape index (κ1) is 14.5. The highest BCUT2D eigenvalue weighted by Crippen LogP contribution is 2.27. The molecule has 2 rings (SSSR count). The molecular weight excluding hydrogens is 264 g/mol. The van der Waals surface area contributed by atoms with Gasteiger partial charge in [0.15, 0.2) is 0 Å². The maximum absolute atomic E-state index is 12.5. The lowest BCUT2D eigenvalue weighted by Crippen LogP contribution is -2.34. The molecule has 1 aromatic heterocycles. The molecule has 1 unspecified atom stereocenters. The molecule has 1 aliphatic rings. The van der Waals surface area contributed by atoms with Crippen molar-refractivity contribution in [3.63, 3.8) is 0 Å². The van der Waals surface area contributed by atoms with Gasteiger partial charge in [-0.2, -0.15) is 9.40 Å². The van der Waals surface area contributed by atoms with Gasteiger partial charge in [-0.3, -0.25) is 4.68 Å². The summed E-state index contributed by atoms with van der Waals surface area (Å²) in [5.74, 6) is 0. The number of sulfonamides is 1. The van der Waals surface area contributed by atoms with Crippen LogP contribution in [0.2, 0.25) is 0 Å². The fourth-order valence-corrected chi connectivity index (χ4v) is 4.24. The van der Waals surface area contributed by atoms with Gasteiger partial charge in [0.1, 0.15) is 4.90 Å². The Labute approximate surface area is 114 Å². The molecule has 6 nitrogen and oxygen atoms in total. The predicted octanol–water partition coefficient (Wildman–Crippen LogP) is 0.795. The van der Waals surface area contributed by atoms with Crippen molar-refractivity contribution >= 4 is 10.0 Å². The summed E-state index contributed by atoms with van der Waals surface area (Å²) in [5.41, 5.74) is 5.44. The average molecular weight is 286 g/mol. The van der Waals surface area contributed by atoms with Gasteiger partial charge >= 0.3 is 0 Å². The molecule has 2 N–H and O–H groups in total. The summed E-state index contributed by atoms with van der Waals surface area (Å²) in [6, 6.07) is 0.136. The summed E-state index contributed by atoms with van der Waals surface area (Å²) >= 11 is 0. The molecule has 0 bridgehead atoms. The maximum atomic E-state index is 12.5. The first-order valence-corrected chi connectivity index (χ1v) is 8.28. The summed E-state index contributed by atoms with van der Waals surface area (Å²) < 4.78 is 28.3. The summed E-state index contributed by atoms with van der Waals surface area (Å²) in [7, 11) is -3.39. The summed E-state index contributed by atoms with van der Waals surface area (Å²) in [6.07, 6.45) is 6.60. The van der Waals surface area contributed by atoms with Gasteiger partial charge in [-0.1, -0.05) is 6.92 Å². The van der Waals surface area contributed by atoms with Crippen LogP contribution < -0.4 is 5.73 Å². The Bertz CT molecular complexity index is 512. The van der Waals surface area contributed by atoms with E-state index in [0.29, 0.717) is 24.5 Å². The van der Waals surface area contributed by atoms with Gasteiger partial charge in [0, 0.05) is 25.3 Å². The first-order chi connectivity index (χ1) is 9.09. The zero-order valence-corrected chi connectivity index (χ0v) is 12.1. The van der Waals surface area contributed by atoms with E-state index >= 15 is 0 Å². The van der Waals surface area contributed by atoms with E-state index in [2.05, 4.69) is 5.10 Å². The lowest BCUT2D eigenvalue weighted by Gasteiger charge is -2.21. The van der Waals surface area contributed by atoms with E-state index in [1.165, 1.54) is 6.20 Å². The minimum Gasteiger partial charge on any atom is -0.330 e. The van der Waals surface area contributed by atoms with Crippen LogP contribution in [0.5, 0.6) is 0 Å². The van der Waals surface area contributed by atoms with Gasteiger partial charge in [0.2, 0.25) is 10.0 Å². The van der Waals surface area contributed by atoms with Crippen molar-refractivity contribution in [1.82, 2.24) is 14.1 Å². The normalized spacial score (nSPS) is 21.1. The van der Waals surface area contributed by atoms with E-state index in [-0.39, 0.29) is 6.04 Å². The second-order valence-corrected chi connectivity index (χ2v) is 6.79. The standard InChI is InChI=1S/C12H22N4O2S/c1-2-11-5-3-8-16(11)19(17,18)12-9-14-15(10-12)7-4-6-13/h9-11H,2-8,13H2,1H3. The molecule has 1 aromatic rings. The molecule has 0 aliphatic carbocycles. The van der Waals surface area contributed by atoms with Crippen LogP contribution in [0.25, 0.3) is 0 Å². The molecule has 1 fully saturated rings. The molecule has 2 heterocycles. The Kier molecular flexibility index (Phi) is 4.59. The van der Waals surface area contributed by atoms with Gasteiger partial charge in [0.05, 0.1) is 6.20 Å². The fourth-order valence-electron chi connectivity index (χ4n) is 2.52. The second-order valence-electron chi connectivity index (χ2n) is 4.90. The smallest absolute Gasteiger partial charge is 0.246 e. The van der Waals surface area contributed by atoms with Gasteiger partial charge in [0.25, 0.3) is 0 Å². The summed E-state index contributed by atoms with van der Waals surface area (Å²) in [6.45, 7) is 3.88. The Morgan fingerprint density at radius 1 is 1.53 bits per heavy atom. The van der Waals surface area contributed by atoms with Crippen LogP contribution in [0.3, 0.4) is 0 Å². The van der Waals surface area contributed by atoms with E-state index in [0.717, 1.165) is 25.7 Å². The molecule has 1 saturated heterocycles. The SMILES string of the molecule is CCC1CCCN1S(=O)(=O)c1cnn(CCCN)c1. The van der Waals surface area contributed by atoms with E-state index in [1.54, 1.807) is 15.2 Å². The number of aromatic nitrogens is 2. The largest absolute Gasteiger partial charge is 0.330 e. The monoisotopic (exact) mass is 286 g/mol. The summed E-state index contributed by atoms with van der Waals surface area (Å²) in [5, 5.41) is 4.10. The van der Waals surface area contributed by atoms with Crippen molar-refractivity contribution in [3.8, 4) is 0 Å². The predicted molar refractivity (Wildman–Crippen MR) is 73.1 cm³/mol. The molecule has 1 atom stereocenters. The Hall–Kier alpha value is -0.920. The van der Waals surface area contributed by atoms with Crippen LogP contribution in [-0.4, -0.2) is 41.6 Å². The van der Waals surface area contributed by atoms with Gasteiger partial charge in [-0.05, 0) is 32.2 Å². The zero-order chi connectivity index (χ0) is 13.9. The Morgan fingerprint density at radius 2 is 2.32 bits per heavy atom. The molecule has 0 saturated carbocycles. The topological polar surface area (TPSA) is 81.2 Å². The van der Waals surface area contributed by atoms with Crippen molar-refractivity contribution in [2.45, 2.75) is 50.1 Å². The number of hydrogen-bond acceptors (Lipinski definition) is 4. The summed E-state index contributed by atoms with van der Waals surface area (Å²) in [4.78, 5) is 0.296. The second kappa shape index (κ2) is 6.02. The zero-order valence-electron chi connectivity index (χ0n) is 11.3. The highest BCUT2D eigenvalue weighted by molar-refractivity contribution is 7.89. The molecule has 0 spiro atoms. The highest BCUT2D eigenvalue weighted by Gasteiger charge is 2.34. The first-order valence-electron chi connectivity index (χ1n) is 6.84. The minimum atomic E-state index is -3.39. The third kappa shape index (κ3) is 2.98. The molecule has 1 aliphatic heterocycles. The minimum absolute atomic E-state index is 0.136. The van der Waals surface area contributed by atoms with Gasteiger partial charge < -0.3 is 5.73 Å². The Morgan fingerprint density at radius 3 is 3.00 bits per heavy atom. The number of aryl methyl sites for hydroxylation is 1. The molecule has 19 heavy (non-hydrogen) atoms. The van der Waals surface area contributed by atoms with Crippen molar-refractivity contribution in [2.24, 2.45) is 5.73 Å². The molecule has 0 radical (unpaired) electrons. The fraction of sp³-hybridized carbons (Fsp3) is 0.750. The van der Waals surface area contributed by atoms with E-state index in [4.69, 9.17) is 5.73 Å². The van der Waals surface area contributed by atoms with E-state index in [9.17, 15) is 8.42 Å². The Balaban J connectivity index is 2.17. The lowest BCUT2D eigenvalue weighted by molar-refractivity contribution is 0.379. The van der Waals surface area contributed by atoms with Crippen molar-refractivity contribution in [3.05, 3.63) is 12.4 Å². The van der Waals surface area contributed by atoms with E-state index < -0.39 is 10.0 Å². The van der Waals surface area contributed by atoms with Crippen LogP contribution >= 0.6 is 0 Å². The van der Waals surface area contributed by atoms with Crippen LogP contribution in [0.15, 0.2) is 17.3 Å².